The quantitative estimate of drug-likeness (QED) is 0.0408. The number of rotatable bonds is 32. The van der Waals surface area contributed by atoms with Crippen molar-refractivity contribution in [3.8, 4) is 0 Å². The van der Waals surface area contributed by atoms with Crippen LogP contribution < -0.4 is 0 Å². The molecule has 3 N–H and O–H groups in total. The molecule has 0 saturated carbocycles. The molecular weight excluding hydrogens is 572 g/mol. The summed E-state index contributed by atoms with van der Waals surface area (Å²) in [6.07, 6.45) is 19.9. The molecule has 0 bridgehead atoms. The Morgan fingerprint density at radius 3 is 1.44 bits per heavy atom. The van der Waals surface area contributed by atoms with Crippen molar-refractivity contribution in [2.24, 2.45) is 0 Å². The van der Waals surface area contributed by atoms with Crippen molar-refractivity contribution in [3.63, 3.8) is 0 Å². The van der Waals surface area contributed by atoms with E-state index in [1.54, 1.807) is 18.2 Å². The first-order valence-corrected chi connectivity index (χ1v) is 17.0. The molecule has 8 nitrogen and oxygen atoms in total. The first-order valence-electron chi connectivity index (χ1n) is 17.0. The van der Waals surface area contributed by atoms with Crippen LogP contribution in [0, 0.1) is 0 Å². The predicted molar refractivity (Wildman–Crippen MR) is 183 cm³/mol. The average molecular weight is 633 g/mol. The van der Waals surface area contributed by atoms with Crippen LogP contribution in [0.1, 0.15) is 143 Å². The van der Waals surface area contributed by atoms with Gasteiger partial charge in [0.1, 0.15) is 0 Å². The number of allylic oxidation sites excluding steroid dienone is 2. The average Bonchev–Trinajstić information content (AvgIpc) is 3.04. The smallest absolute Gasteiger partial charge is 0.335 e. The summed E-state index contributed by atoms with van der Waals surface area (Å²) in [5.41, 5.74) is 4.89. The normalized spacial score (nSPS) is 11.2. The minimum atomic E-state index is -0.953. The number of carbonyl (C=O) groups is 1. The zero-order chi connectivity index (χ0) is 33.0. The Labute approximate surface area is 272 Å². The molecular formula is C37H60O8. The second kappa shape index (κ2) is 27.9. The van der Waals surface area contributed by atoms with E-state index in [1.165, 1.54) is 0 Å². The summed E-state index contributed by atoms with van der Waals surface area (Å²) in [6.45, 7) is 16.6. The van der Waals surface area contributed by atoms with Crippen molar-refractivity contribution in [2.75, 3.05) is 39.6 Å². The van der Waals surface area contributed by atoms with Crippen molar-refractivity contribution in [2.45, 2.75) is 116 Å². The lowest BCUT2D eigenvalue weighted by Crippen LogP contribution is -2.04. The van der Waals surface area contributed by atoms with Crippen LogP contribution in [0.4, 0.5) is 0 Å². The highest BCUT2D eigenvalue weighted by atomic mass is 17.1. The van der Waals surface area contributed by atoms with Gasteiger partial charge in [0.05, 0.1) is 18.8 Å². The molecule has 256 valence electrons. The number of ether oxygens (including phenoxy) is 2. The highest BCUT2D eigenvalue weighted by Crippen LogP contribution is 2.34. The van der Waals surface area contributed by atoms with E-state index in [2.05, 4.69) is 29.5 Å². The van der Waals surface area contributed by atoms with Gasteiger partial charge < -0.3 is 14.6 Å². The van der Waals surface area contributed by atoms with E-state index in [0.29, 0.717) is 13.2 Å². The van der Waals surface area contributed by atoms with E-state index in [1.807, 2.05) is 0 Å². The fourth-order valence-electron chi connectivity index (χ4n) is 5.33. The highest BCUT2D eigenvalue weighted by Gasteiger charge is 2.17. The summed E-state index contributed by atoms with van der Waals surface area (Å²) in [4.78, 5) is 20.0. The maximum Gasteiger partial charge on any atom is 0.335 e. The second-order valence-corrected chi connectivity index (χ2v) is 11.8. The van der Waals surface area contributed by atoms with Crippen molar-refractivity contribution in [1.82, 2.24) is 0 Å². The van der Waals surface area contributed by atoms with Gasteiger partial charge in [-0.15, -0.1) is 0 Å². The topological polar surface area (TPSA) is 115 Å². The molecule has 0 unspecified atom stereocenters. The van der Waals surface area contributed by atoms with E-state index in [9.17, 15) is 9.90 Å². The van der Waals surface area contributed by atoms with Gasteiger partial charge in [0.15, 0.2) is 0 Å². The lowest BCUT2D eigenvalue weighted by molar-refractivity contribution is -0.242. The molecule has 45 heavy (non-hydrogen) atoms. The maximum atomic E-state index is 11.9. The second-order valence-electron chi connectivity index (χ2n) is 11.8. The predicted octanol–water partition coefficient (Wildman–Crippen LogP) is 10.1. The number of hydrogen-bond donors (Lipinski definition) is 3. The lowest BCUT2D eigenvalue weighted by Gasteiger charge is -2.19. The summed E-state index contributed by atoms with van der Waals surface area (Å²) in [5.74, 6) is -0.953. The molecule has 0 aromatic heterocycles. The zero-order valence-corrected chi connectivity index (χ0v) is 27.7. The molecule has 1 rings (SSSR count). The largest absolute Gasteiger partial charge is 0.478 e. The number of carboxylic acids is 1. The van der Waals surface area contributed by atoms with Gasteiger partial charge in [0.2, 0.25) is 0 Å². The molecule has 0 atom stereocenters. The molecule has 0 saturated heterocycles. The Balaban J connectivity index is 2.44. The molecule has 0 aliphatic rings. The van der Waals surface area contributed by atoms with Crippen LogP contribution in [-0.2, 0) is 19.2 Å². The Kier molecular flexibility index (Phi) is 25.3. The molecule has 0 amide bonds. The number of carboxylic acid groups (broad SMARTS) is 1. The fraction of sp³-hybridized carbons (Fsp3) is 0.649. The lowest BCUT2D eigenvalue weighted by atomic mass is 9.86. The third kappa shape index (κ3) is 19.7. The Morgan fingerprint density at radius 2 is 1.00 bits per heavy atom. The molecule has 0 fully saturated rings. The van der Waals surface area contributed by atoms with Crippen LogP contribution >= 0.6 is 0 Å². The molecule has 0 aliphatic carbocycles. The van der Waals surface area contributed by atoms with Gasteiger partial charge in [0, 0.05) is 26.4 Å². The fourth-order valence-corrected chi connectivity index (χ4v) is 5.33. The number of unbranched alkanes of at least 4 members (excludes halogenated alkanes) is 12. The number of hydrogen-bond acceptors (Lipinski definition) is 7. The molecule has 0 aliphatic heterocycles. The molecule has 1 aromatic rings. The minimum absolute atomic E-state index is 0.251. The molecule has 0 heterocycles. The number of benzene rings is 1. The SMILES string of the molecule is C=Cc1cc(C(=O)O)cc(C(=C)CCCCCCCOCCCCCOO)c1C(=C)CCCCCCCOCCCCCOO. The first kappa shape index (κ1) is 40.7. The van der Waals surface area contributed by atoms with Crippen LogP contribution in [-0.4, -0.2) is 61.2 Å². The van der Waals surface area contributed by atoms with Gasteiger partial charge in [-0.2, -0.15) is 0 Å². The van der Waals surface area contributed by atoms with Crippen molar-refractivity contribution in [3.05, 3.63) is 54.1 Å². The summed E-state index contributed by atoms with van der Waals surface area (Å²) in [7, 11) is 0. The number of aromatic carboxylic acids is 1. The third-order valence-corrected chi connectivity index (χ3v) is 7.95. The Bertz CT molecular complexity index is 958. The molecule has 1 aromatic carbocycles. The van der Waals surface area contributed by atoms with Crippen LogP contribution in [0.2, 0.25) is 0 Å². The molecule has 0 spiro atoms. The van der Waals surface area contributed by atoms with Crippen molar-refractivity contribution < 1.29 is 39.7 Å². The Morgan fingerprint density at radius 1 is 0.600 bits per heavy atom. The summed E-state index contributed by atoms with van der Waals surface area (Å²) < 4.78 is 11.4. The monoisotopic (exact) mass is 632 g/mol. The van der Waals surface area contributed by atoms with E-state index in [-0.39, 0.29) is 5.56 Å². The molecule has 0 radical (unpaired) electrons. The highest BCUT2D eigenvalue weighted by molar-refractivity contribution is 5.93. The van der Waals surface area contributed by atoms with Crippen molar-refractivity contribution in [1.29, 1.82) is 0 Å². The van der Waals surface area contributed by atoms with Gasteiger partial charge >= 0.3 is 5.97 Å². The maximum absolute atomic E-state index is 11.9. The molecule has 8 heteroatoms. The van der Waals surface area contributed by atoms with Gasteiger partial charge in [-0.25, -0.2) is 14.6 Å². The first-order chi connectivity index (χ1) is 22.0. The van der Waals surface area contributed by atoms with E-state index >= 15 is 0 Å². The summed E-state index contributed by atoms with van der Waals surface area (Å²) in [6, 6.07) is 3.45. The Hall–Kier alpha value is -2.33. The van der Waals surface area contributed by atoms with E-state index < -0.39 is 5.97 Å². The van der Waals surface area contributed by atoms with Crippen LogP contribution in [0.5, 0.6) is 0 Å². The third-order valence-electron chi connectivity index (χ3n) is 7.95. The van der Waals surface area contributed by atoms with E-state index in [4.69, 9.17) is 20.0 Å². The standard InChI is InChI=1S/C37H60O8/c1-4-33-29-34(37(38)39)30-35(31(2)21-13-7-5-9-15-23-42-25-17-11-19-27-44-40)36(33)32(3)22-14-8-6-10-16-24-43-26-18-12-20-28-45-41/h4,29-30,40-41H,1-3,5-28H2,(H,38,39). The summed E-state index contributed by atoms with van der Waals surface area (Å²) in [5, 5.41) is 26.4. The summed E-state index contributed by atoms with van der Waals surface area (Å²) >= 11 is 0. The van der Waals surface area contributed by atoms with Crippen molar-refractivity contribution >= 4 is 23.2 Å². The van der Waals surface area contributed by atoms with Crippen LogP contribution in [0.15, 0.2) is 31.9 Å². The van der Waals surface area contributed by atoms with Gasteiger partial charge in [-0.1, -0.05) is 64.3 Å². The minimum Gasteiger partial charge on any atom is -0.478 e. The zero-order valence-electron chi connectivity index (χ0n) is 27.7. The van der Waals surface area contributed by atoms with Crippen LogP contribution in [0.25, 0.3) is 17.2 Å². The van der Waals surface area contributed by atoms with E-state index in [0.717, 1.165) is 170 Å². The van der Waals surface area contributed by atoms with Gasteiger partial charge in [-0.3, -0.25) is 10.5 Å². The van der Waals surface area contributed by atoms with Crippen LogP contribution in [0.3, 0.4) is 0 Å². The van der Waals surface area contributed by atoms with Gasteiger partial charge in [-0.05, 0) is 117 Å². The van der Waals surface area contributed by atoms with Gasteiger partial charge in [0.25, 0.3) is 0 Å².